The zero-order valence-electron chi connectivity index (χ0n) is 8.52. The first-order valence-electron chi connectivity index (χ1n) is 4.48. The summed E-state index contributed by atoms with van der Waals surface area (Å²) in [6.45, 7) is 0. The first-order chi connectivity index (χ1) is 8.38. The smallest absolute Gasteiger partial charge is 0.273 e. The number of sulfonamides is 1. The number of nitrogens with one attached hydrogen (secondary N) is 1. The molecule has 1 aromatic heterocycles. The fourth-order valence-corrected chi connectivity index (χ4v) is 3.49. The summed E-state index contributed by atoms with van der Waals surface area (Å²) in [5.41, 5.74) is -0.473. The van der Waals surface area contributed by atoms with E-state index < -0.39 is 27.3 Å². The maximum Gasteiger partial charge on any atom is 0.273 e. The van der Waals surface area contributed by atoms with Crippen molar-refractivity contribution < 1.29 is 17.2 Å². The highest BCUT2D eigenvalue weighted by Crippen LogP contribution is 2.25. The number of thiazole rings is 1. The Morgan fingerprint density at radius 2 is 2.06 bits per heavy atom. The molecule has 1 aromatic carbocycles. The monoisotopic (exact) mass is 310 g/mol. The Balaban J connectivity index is 2.36. The highest BCUT2D eigenvalue weighted by Gasteiger charge is 2.19. The molecule has 0 amide bonds. The third-order valence-electron chi connectivity index (χ3n) is 1.89. The Morgan fingerprint density at radius 3 is 2.67 bits per heavy atom. The highest BCUT2D eigenvalue weighted by atomic mass is 35.5. The van der Waals surface area contributed by atoms with Crippen LogP contribution in [0, 0.1) is 11.6 Å². The summed E-state index contributed by atoms with van der Waals surface area (Å²) < 4.78 is 51.5. The lowest BCUT2D eigenvalue weighted by Crippen LogP contribution is -2.12. The lowest BCUT2D eigenvalue weighted by molar-refractivity contribution is 0.595. The SMILES string of the molecule is O=S(=O)(Nc1cc(F)ccc1F)c1cnc(Cl)s1. The summed E-state index contributed by atoms with van der Waals surface area (Å²) >= 11 is 6.22. The largest absolute Gasteiger partial charge is 0.276 e. The molecule has 0 bridgehead atoms. The van der Waals surface area contributed by atoms with Gasteiger partial charge in [0.2, 0.25) is 0 Å². The number of anilines is 1. The molecular weight excluding hydrogens is 306 g/mol. The van der Waals surface area contributed by atoms with Gasteiger partial charge in [-0.25, -0.2) is 22.2 Å². The van der Waals surface area contributed by atoms with Crippen molar-refractivity contribution in [1.82, 2.24) is 4.98 Å². The molecule has 0 aliphatic rings. The Bertz CT molecular complexity index is 688. The van der Waals surface area contributed by atoms with E-state index in [1.54, 1.807) is 0 Å². The van der Waals surface area contributed by atoms with Gasteiger partial charge in [-0.2, -0.15) is 0 Å². The second kappa shape index (κ2) is 4.79. The van der Waals surface area contributed by atoms with Crippen LogP contribution >= 0.6 is 22.9 Å². The van der Waals surface area contributed by atoms with Crippen LogP contribution in [-0.2, 0) is 10.0 Å². The van der Waals surface area contributed by atoms with Crippen molar-refractivity contribution in [3.8, 4) is 0 Å². The fourth-order valence-electron chi connectivity index (χ4n) is 1.13. The van der Waals surface area contributed by atoms with Crippen molar-refractivity contribution >= 4 is 38.6 Å². The van der Waals surface area contributed by atoms with E-state index in [1.807, 2.05) is 4.72 Å². The molecule has 2 aromatic rings. The van der Waals surface area contributed by atoms with Crippen LogP contribution < -0.4 is 4.72 Å². The molecule has 0 fully saturated rings. The minimum atomic E-state index is -4.02. The summed E-state index contributed by atoms with van der Waals surface area (Å²) in [7, 11) is -4.02. The number of nitrogens with zero attached hydrogens (tertiary/aromatic N) is 1. The number of aromatic nitrogens is 1. The number of benzene rings is 1. The van der Waals surface area contributed by atoms with Crippen molar-refractivity contribution in [3.05, 3.63) is 40.5 Å². The summed E-state index contributed by atoms with van der Waals surface area (Å²) in [4.78, 5) is 3.56. The average Bonchev–Trinajstić information content (AvgIpc) is 2.71. The first-order valence-corrected chi connectivity index (χ1v) is 7.15. The Kier molecular flexibility index (Phi) is 3.51. The van der Waals surface area contributed by atoms with Gasteiger partial charge in [0.1, 0.15) is 11.6 Å². The lowest BCUT2D eigenvalue weighted by atomic mass is 10.3. The van der Waals surface area contributed by atoms with E-state index in [0.29, 0.717) is 11.3 Å². The van der Waals surface area contributed by atoms with E-state index in [1.165, 1.54) is 0 Å². The molecule has 4 nitrogen and oxygen atoms in total. The van der Waals surface area contributed by atoms with Gasteiger partial charge in [-0.05, 0) is 12.1 Å². The molecule has 1 N–H and O–H groups in total. The molecule has 0 unspecified atom stereocenters. The molecule has 0 saturated heterocycles. The zero-order valence-corrected chi connectivity index (χ0v) is 10.9. The van der Waals surface area contributed by atoms with Crippen LogP contribution in [-0.4, -0.2) is 13.4 Å². The molecule has 0 atom stereocenters. The van der Waals surface area contributed by atoms with Crippen LogP contribution in [0.3, 0.4) is 0 Å². The zero-order chi connectivity index (χ0) is 13.3. The minimum Gasteiger partial charge on any atom is -0.276 e. The van der Waals surface area contributed by atoms with Gasteiger partial charge >= 0.3 is 0 Å². The predicted octanol–water partition coefficient (Wildman–Crippen LogP) is 2.88. The summed E-state index contributed by atoms with van der Waals surface area (Å²) in [5, 5.41) is 0. The average molecular weight is 311 g/mol. The van der Waals surface area contributed by atoms with Crippen LogP contribution in [0.15, 0.2) is 28.6 Å². The molecule has 0 spiro atoms. The van der Waals surface area contributed by atoms with E-state index in [9.17, 15) is 17.2 Å². The van der Waals surface area contributed by atoms with E-state index >= 15 is 0 Å². The molecular formula is C9H5ClF2N2O2S2. The summed E-state index contributed by atoms with van der Waals surface area (Å²) in [5.74, 6) is -1.63. The van der Waals surface area contributed by atoms with Gasteiger partial charge in [0, 0.05) is 6.07 Å². The molecule has 1 heterocycles. The molecule has 0 aliphatic carbocycles. The van der Waals surface area contributed by atoms with Gasteiger partial charge in [-0.15, -0.1) is 0 Å². The van der Waals surface area contributed by atoms with Gasteiger partial charge in [-0.1, -0.05) is 22.9 Å². The molecule has 96 valence electrons. The highest BCUT2D eigenvalue weighted by molar-refractivity contribution is 7.94. The van der Waals surface area contributed by atoms with Crippen LogP contribution in [0.5, 0.6) is 0 Å². The maximum absolute atomic E-state index is 13.3. The Morgan fingerprint density at radius 1 is 1.33 bits per heavy atom. The molecule has 9 heteroatoms. The maximum atomic E-state index is 13.3. The Hall–Kier alpha value is -1.25. The third-order valence-corrected chi connectivity index (χ3v) is 4.84. The second-order valence-corrected chi connectivity index (χ2v) is 6.68. The van der Waals surface area contributed by atoms with Crippen molar-refractivity contribution in [1.29, 1.82) is 0 Å². The molecule has 0 saturated carbocycles. The number of rotatable bonds is 3. The predicted molar refractivity (Wildman–Crippen MR) is 64.3 cm³/mol. The van der Waals surface area contributed by atoms with Crippen molar-refractivity contribution in [3.63, 3.8) is 0 Å². The molecule has 0 radical (unpaired) electrons. The molecule has 0 aliphatic heterocycles. The summed E-state index contributed by atoms with van der Waals surface area (Å²) in [6, 6.07) is 2.46. The van der Waals surface area contributed by atoms with E-state index in [-0.39, 0.29) is 8.68 Å². The molecule has 2 rings (SSSR count). The van der Waals surface area contributed by atoms with Gasteiger partial charge < -0.3 is 0 Å². The summed E-state index contributed by atoms with van der Waals surface area (Å²) in [6.07, 6.45) is 1.03. The van der Waals surface area contributed by atoms with Crippen molar-refractivity contribution in [2.24, 2.45) is 0 Å². The van der Waals surface area contributed by atoms with E-state index in [4.69, 9.17) is 11.6 Å². The third kappa shape index (κ3) is 2.77. The topological polar surface area (TPSA) is 59.1 Å². The van der Waals surface area contributed by atoms with Crippen LogP contribution in [0.2, 0.25) is 4.47 Å². The van der Waals surface area contributed by atoms with Crippen LogP contribution in [0.25, 0.3) is 0 Å². The van der Waals surface area contributed by atoms with E-state index in [2.05, 4.69) is 4.98 Å². The van der Waals surface area contributed by atoms with Gasteiger partial charge in [-0.3, -0.25) is 4.72 Å². The fraction of sp³-hybridized carbons (Fsp3) is 0. The Labute approximate surface area is 110 Å². The van der Waals surface area contributed by atoms with Gasteiger partial charge in [0.25, 0.3) is 10.0 Å². The van der Waals surface area contributed by atoms with Gasteiger partial charge in [0.15, 0.2) is 8.68 Å². The number of hydrogen-bond donors (Lipinski definition) is 1. The van der Waals surface area contributed by atoms with Gasteiger partial charge in [0.05, 0.1) is 11.9 Å². The van der Waals surface area contributed by atoms with Crippen molar-refractivity contribution in [2.75, 3.05) is 4.72 Å². The number of hydrogen-bond acceptors (Lipinski definition) is 4. The quantitative estimate of drug-likeness (QED) is 0.948. The molecule has 18 heavy (non-hydrogen) atoms. The number of halogens is 3. The lowest BCUT2D eigenvalue weighted by Gasteiger charge is -2.06. The van der Waals surface area contributed by atoms with Crippen LogP contribution in [0.1, 0.15) is 0 Å². The van der Waals surface area contributed by atoms with Crippen molar-refractivity contribution in [2.45, 2.75) is 4.21 Å². The normalized spacial score (nSPS) is 11.5. The van der Waals surface area contributed by atoms with Crippen LogP contribution in [0.4, 0.5) is 14.5 Å². The standard InChI is InChI=1S/C9H5ClF2N2O2S2/c10-9-13-4-8(17-9)18(15,16)14-7-3-5(11)1-2-6(7)12/h1-4,14H. The second-order valence-electron chi connectivity index (χ2n) is 3.16. The first kappa shape index (κ1) is 13.2. The van der Waals surface area contributed by atoms with E-state index in [0.717, 1.165) is 24.4 Å². The minimum absolute atomic E-state index is 0.0371.